The van der Waals surface area contributed by atoms with E-state index in [1.807, 2.05) is 50.2 Å². The SMILES string of the molecule is CC[C@@H](C)C(=O)N[C@@H]1C(=O)N(Cc2nn(-c3ccccc3C#N)c3ccccc23)c2ccc(C#N)cc2OC12CCOCC2. The largest absolute Gasteiger partial charge is 0.482 e. The number of rotatable bonds is 6. The number of hydrogen-bond acceptors (Lipinski definition) is 7. The lowest BCUT2D eigenvalue weighted by Gasteiger charge is -2.41. The maximum atomic E-state index is 14.7. The van der Waals surface area contributed by atoms with Gasteiger partial charge in [0.25, 0.3) is 5.91 Å². The second-order valence-electron chi connectivity index (χ2n) is 11.3. The van der Waals surface area contributed by atoms with Crippen LogP contribution in [0.2, 0.25) is 0 Å². The van der Waals surface area contributed by atoms with E-state index in [0.717, 1.165) is 10.9 Å². The molecule has 0 unspecified atom stereocenters. The van der Waals surface area contributed by atoms with Crippen molar-refractivity contribution in [2.45, 2.75) is 51.3 Å². The maximum Gasteiger partial charge on any atom is 0.254 e. The topological polar surface area (TPSA) is 133 Å². The number of amides is 2. The first-order valence-electron chi connectivity index (χ1n) is 14.8. The summed E-state index contributed by atoms with van der Waals surface area (Å²) in [7, 11) is 0. The van der Waals surface area contributed by atoms with Crippen molar-refractivity contribution >= 4 is 28.4 Å². The van der Waals surface area contributed by atoms with Crippen LogP contribution in [0.5, 0.6) is 5.75 Å². The predicted molar refractivity (Wildman–Crippen MR) is 163 cm³/mol. The smallest absolute Gasteiger partial charge is 0.254 e. The molecule has 0 bridgehead atoms. The molecule has 0 radical (unpaired) electrons. The Kier molecular flexibility index (Phi) is 7.77. The quantitative estimate of drug-likeness (QED) is 0.343. The lowest BCUT2D eigenvalue weighted by molar-refractivity contribution is -0.138. The highest BCUT2D eigenvalue weighted by atomic mass is 16.5. The zero-order valence-corrected chi connectivity index (χ0v) is 24.6. The molecule has 1 spiro atoms. The minimum atomic E-state index is -1.07. The van der Waals surface area contributed by atoms with Crippen molar-refractivity contribution in [3.8, 4) is 23.6 Å². The number of anilines is 1. The summed E-state index contributed by atoms with van der Waals surface area (Å²) in [6.45, 7) is 4.55. The zero-order chi connectivity index (χ0) is 30.8. The first kappa shape index (κ1) is 28.9. The van der Waals surface area contributed by atoms with Crippen LogP contribution in [0.25, 0.3) is 16.6 Å². The highest BCUT2D eigenvalue weighted by Crippen LogP contribution is 2.42. The third-order valence-electron chi connectivity index (χ3n) is 8.64. The number of hydrogen-bond donors (Lipinski definition) is 1. The van der Waals surface area contributed by atoms with Crippen LogP contribution in [0.4, 0.5) is 5.69 Å². The average Bonchev–Trinajstić information content (AvgIpc) is 3.40. The molecule has 0 aliphatic carbocycles. The summed E-state index contributed by atoms with van der Waals surface area (Å²) in [6.07, 6.45) is 1.39. The first-order valence-corrected chi connectivity index (χ1v) is 14.8. The molecule has 2 aliphatic heterocycles. The van der Waals surface area contributed by atoms with E-state index in [2.05, 4.69) is 17.5 Å². The van der Waals surface area contributed by atoms with E-state index < -0.39 is 11.6 Å². The highest BCUT2D eigenvalue weighted by molar-refractivity contribution is 6.02. The van der Waals surface area contributed by atoms with E-state index in [1.54, 1.807) is 39.9 Å². The number of nitrogens with zero attached hydrogens (tertiary/aromatic N) is 5. The summed E-state index contributed by atoms with van der Waals surface area (Å²) in [6, 6.07) is 23.3. The van der Waals surface area contributed by atoms with Crippen molar-refractivity contribution in [3.05, 3.63) is 83.6 Å². The van der Waals surface area contributed by atoms with Crippen molar-refractivity contribution < 1.29 is 19.1 Å². The van der Waals surface area contributed by atoms with E-state index in [4.69, 9.17) is 14.6 Å². The van der Waals surface area contributed by atoms with Crippen molar-refractivity contribution in [2.75, 3.05) is 18.1 Å². The second kappa shape index (κ2) is 11.8. The van der Waals surface area contributed by atoms with Crippen LogP contribution in [-0.2, 0) is 20.9 Å². The highest BCUT2D eigenvalue weighted by Gasteiger charge is 2.52. The van der Waals surface area contributed by atoms with Crippen LogP contribution >= 0.6 is 0 Å². The van der Waals surface area contributed by atoms with Gasteiger partial charge < -0.3 is 19.7 Å². The van der Waals surface area contributed by atoms with Crippen LogP contribution in [-0.4, -0.2) is 46.5 Å². The van der Waals surface area contributed by atoms with E-state index in [9.17, 15) is 20.1 Å². The third-order valence-corrected chi connectivity index (χ3v) is 8.64. The molecule has 2 atom stereocenters. The lowest BCUT2D eigenvalue weighted by atomic mass is 9.84. The minimum Gasteiger partial charge on any atom is -0.482 e. The molecule has 2 amide bonds. The maximum absolute atomic E-state index is 14.7. The van der Waals surface area contributed by atoms with Gasteiger partial charge in [0.1, 0.15) is 23.5 Å². The van der Waals surface area contributed by atoms with Crippen LogP contribution in [0, 0.1) is 28.6 Å². The van der Waals surface area contributed by atoms with E-state index >= 15 is 0 Å². The fourth-order valence-electron chi connectivity index (χ4n) is 5.93. The van der Waals surface area contributed by atoms with Gasteiger partial charge in [-0.1, -0.05) is 44.2 Å². The number of nitrogens with one attached hydrogen (secondary N) is 1. The molecular weight excluding hydrogens is 556 g/mol. The van der Waals surface area contributed by atoms with Gasteiger partial charge in [-0.3, -0.25) is 9.59 Å². The number of aromatic nitrogens is 2. The molecule has 1 N–H and O–H groups in total. The molecule has 1 saturated heterocycles. The number of nitriles is 2. The molecule has 4 aromatic rings. The number of ether oxygens (including phenoxy) is 2. The molecule has 10 nitrogen and oxygen atoms in total. The van der Waals surface area contributed by atoms with Gasteiger partial charge in [0, 0.05) is 30.2 Å². The normalized spacial score (nSPS) is 18.0. The molecule has 44 heavy (non-hydrogen) atoms. The van der Waals surface area contributed by atoms with Crippen molar-refractivity contribution in [1.29, 1.82) is 10.5 Å². The number of para-hydroxylation sites is 2. The van der Waals surface area contributed by atoms with Crippen molar-refractivity contribution in [2.24, 2.45) is 5.92 Å². The van der Waals surface area contributed by atoms with Crippen LogP contribution in [0.3, 0.4) is 0 Å². The molecule has 3 heterocycles. The first-order chi connectivity index (χ1) is 21.4. The predicted octanol–water partition coefficient (Wildman–Crippen LogP) is 4.77. The fourth-order valence-corrected chi connectivity index (χ4v) is 5.93. The van der Waals surface area contributed by atoms with E-state index in [1.165, 1.54) is 0 Å². The number of fused-ring (bicyclic) bond motifs is 2. The van der Waals surface area contributed by atoms with Crippen molar-refractivity contribution in [1.82, 2.24) is 15.1 Å². The fraction of sp³-hybridized carbons (Fsp3) is 0.324. The summed E-state index contributed by atoms with van der Waals surface area (Å²) in [5.41, 5.74) is 2.29. The zero-order valence-electron chi connectivity index (χ0n) is 24.6. The van der Waals surface area contributed by atoms with Gasteiger partial charge in [-0.15, -0.1) is 0 Å². The Hall–Kier alpha value is -5.19. The molecule has 222 valence electrons. The molecule has 2 aliphatic rings. The summed E-state index contributed by atoms with van der Waals surface area (Å²) < 4.78 is 14.1. The number of carbonyl (C=O) groups is 2. The van der Waals surface area contributed by atoms with E-state index in [-0.39, 0.29) is 24.3 Å². The summed E-state index contributed by atoms with van der Waals surface area (Å²) in [5, 5.41) is 28.3. The molecule has 1 aromatic heterocycles. The van der Waals surface area contributed by atoms with Gasteiger partial charge in [0.2, 0.25) is 5.91 Å². The molecule has 10 heteroatoms. The van der Waals surface area contributed by atoms with Gasteiger partial charge in [0.05, 0.1) is 59.5 Å². The van der Waals surface area contributed by atoms with Crippen LogP contribution in [0.1, 0.15) is 49.9 Å². The Balaban J connectivity index is 1.50. The Morgan fingerprint density at radius 1 is 1.07 bits per heavy atom. The Labute approximate surface area is 255 Å². The monoisotopic (exact) mass is 588 g/mol. The number of benzene rings is 3. The average molecular weight is 589 g/mol. The summed E-state index contributed by atoms with van der Waals surface area (Å²) in [4.78, 5) is 29.6. The standard InChI is InChI=1S/C34H32N6O4/c1-3-22(2)32(41)37-31-33(42)39(29-13-12-23(19-35)18-30(29)44-34(31)14-16-43-17-15-34)21-26-25-9-5-7-11-28(25)40(38-26)27-10-6-4-8-24(27)20-36/h4-13,18,22,31H,3,14-17,21H2,1-2H3,(H,37,41)/t22-,31-/m1/s1. The van der Waals surface area contributed by atoms with Crippen molar-refractivity contribution in [3.63, 3.8) is 0 Å². The third kappa shape index (κ3) is 5.04. The lowest BCUT2D eigenvalue weighted by Crippen LogP contribution is -2.64. The summed E-state index contributed by atoms with van der Waals surface area (Å²) >= 11 is 0. The van der Waals surface area contributed by atoms with Crippen LogP contribution in [0.15, 0.2) is 66.7 Å². The Morgan fingerprint density at radius 2 is 1.82 bits per heavy atom. The summed E-state index contributed by atoms with van der Waals surface area (Å²) in [5.74, 6) is -0.475. The second-order valence-corrected chi connectivity index (χ2v) is 11.3. The Bertz CT molecular complexity index is 1830. The van der Waals surface area contributed by atoms with Gasteiger partial charge in [-0.25, -0.2) is 4.68 Å². The van der Waals surface area contributed by atoms with Crippen LogP contribution < -0.4 is 15.0 Å². The van der Waals surface area contributed by atoms with Gasteiger partial charge in [0.15, 0.2) is 0 Å². The Morgan fingerprint density at radius 3 is 2.57 bits per heavy atom. The van der Waals surface area contributed by atoms with Gasteiger partial charge in [-0.2, -0.15) is 15.6 Å². The van der Waals surface area contributed by atoms with Gasteiger partial charge >= 0.3 is 0 Å². The minimum absolute atomic E-state index is 0.0611. The van der Waals surface area contributed by atoms with Gasteiger partial charge in [-0.05, 0) is 36.8 Å². The van der Waals surface area contributed by atoms with E-state index in [0.29, 0.717) is 66.4 Å². The molecule has 6 rings (SSSR count). The molecule has 0 saturated carbocycles. The number of carbonyl (C=O) groups excluding carboxylic acids is 2. The molecule has 1 fully saturated rings. The molecular formula is C34H32N6O4. The molecule has 3 aromatic carbocycles.